The monoisotopic (exact) mass is 247 g/mol. The second kappa shape index (κ2) is 3.88. The van der Waals surface area contributed by atoms with Crippen LogP contribution in [0.2, 0.25) is 0 Å². The normalized spacial score (nSPS) is 12.2. The molecule has 0 aliphatic rings. The van der Waals surface area contributed by atoms with Crippen molar-refractivity contribution in [1.29, 1.82) is 5.26 Å². The summed E-state index contributed by atoms with van der Waals surface area (Å²) >= 11 is 8.62. The third kappa shape index (κ3) is 1.77. The fourth-order valence-electron chi connectivity index (χ4n) is 0.786. The molecule has 0 radical (unpaired) electrons. The van der Waals surface area contributed by atoms with Gasteiger partial charge in [0.1, 0.15) is 11.2 Å². The Bertz CT molecular complexity index is 334. The zero-order valence-electron chi connectivity index (χ0n) is 5.89. The van der Waals surface area contributed by atoms with E-state index < -0.39 is 11.2 Å². The molecule has 62 valence electrons. The van der Waals surface area contributed by atoms with E-state index >= 15 is 0 Å². The van der Waals surface area contributed by atoms with Crippen molar-refractivity contribution in [1.82, 2.24) is 0 Å². The minimum Gasteiger partial charge on any atom is -0.206 e. The van der Waals surface area contributed by atoms with Crippen molar-refractivity contribution in [3.63, 3.8) is 0 Å². The minimum atomic E-state index is -0.810. The van der Waals surface area contributed by atoms with E-state index in [4.69, 9.17) is 16.9 Å². The Morgan fingerprint density at radius 3 is 2.83 bits per heavy atom. The molecule has 0 N–H and O–H groups in total. The Hall–Kier alpha value is -0.590. The molecule has 4 heteroatoms. The molecule has 0 saturated carbocycles. The van der Waals surface area contributed by atoms with Gasteiger partial charge in [0.15, 0.2) is 0 Å². The molecule has 0 amide bonds. The second-order valence-electron chi connectivity index (χ2n) is 2.13. The van der Waals surface area contributed by atoms with Gasteiger partial charge < -0.3 is 0 Å². The van der Waals surface area contributed by atoms with Gasteiger partial charge in [-0.05, 0) is 22.0 Å². The average molecular weight is 248 g/mol. The number of alkyl halides is 1. The van der Waals surface area contributed by atoms with E-state index in [1.54, 1.807) is 6.07 Å². The summed E-state index contributed by atoms with van der Waals surface area (Å²) in [6.45, 7) is 0. The van der Waals surface area contributed by atoms with Crippen LogP contribution in [0.1, 0.15) is 10.9 Å². The Morgan fingerprint density at radius 1 is 1.58 bits per heavy atom. The number of hydrogen-bond acceptors (Lipinski definition) is 1. The van der Waals surface area contributed by atoms with Crippen molar-refractivity contribution in [2.45, 2.75) is 5.38 Å². The van der Waals surface area contributed by atoms with Crippen molar-refractivity contribution in [3.8, 4) is 6.07 Å². The van der Waals surface area contributed by atoms with Crippen molar-refractivity contribution in [3.05, 3.63) is 34.1 Å². The number of benzene rings is 1. The summed E-state index contributed by atoms with van der Waals surface area (Å²) in [5.74, 6) is -0.409. The first-order valence-electron chi connectivity index (χ1n) is 3.14. The first kappa shape index (κ1) is 9.50. The van der Waals surface area contributed by atoms with Gasteiger partial charge >= 0.3 is 0 Å². The summed E-state index contributed by atoms with van der Waals surface area (Å²) in [6.07, 6.45) is 0. The Balaban J connectivity index is 3.18. The lowest BCUT2D eigenvalue weighted by Gasteiger charge is -2.03. The molecule has 0 aliphatic heterocycles. The third-order valence-corrected chi connectivity index (χ3v) is 2.54. The molecule has 0 bridgehead atoms. The van der Waals surface area contributed by atoms with Crippen LogP contribution in [0.4, 0.5) is 4.39 Å². The number of rotatable bonds is 1. The van der Waals surface area contributed by atoms with E-state index in [0.29, 0.717) is 5.56 Å². The van der Waals surface area contributed by atoms with Crippen LogP contribution in [0.15, 0.2) is 22.7 Å². The standard InChI is InChI=1S/C8H4BrClFN/c9-8-5(6(10)4-12)2-1-3-7(8)11/h1-3,6H. The van der Waals surface area contributed by atoms with Crippen molar-refractivity contribution >= 4 is 27.5 Å². The average Bonchev–Trinajstić information content (AvgIpc) is 2.08. The number of halogens is 3. The van der Waals surface area contributed by atoms with E-state index in [-0.39, 0.29) is 4.47 Å². The summed E-state index contributed by atoms with van der Waals surface area (Å²) < 4.78 is 13.1. The first-order valence-corrected chi connectivity index (χ1v) is 4.37. The number of nitriles is 1. The van der Waals surface area contributed by atoms with Crippen LogP contribution in [0, 0.1) is 17.1 Å². The van der Waals surface area contributed by atoms with Gasteiger partial charge in [-0.25, -0.2) is 4.39 Å². The van der Waals surface area contributed by atoms with Crippen molar-refractivity contribution < 1.29 is 4.39 Å². The lowest BCUT2D eigenvalue weighted by Crippen LogP contribution is -1.90. The summed E-state index contributed by atoms with van der Waals surface area (Å²) in [5.41, 5.74) is 0.458. The highest BCUT2D eigenvalue weighted by Crippen LogP contribution is 2.29. The SMILES string of the molecule is N#CC(Cl)c1cccc(F)c1Br. The molecule has 1 rings (SSSR count). The highest BCUT2D eigenvalue weighted by Gasteiger charge is 2.12. The van der Waals surface area contributed by atoms with Gasteiger partial charge in [-0.2, -0.15) is 5.26 Å². The highest BCUT2D eigenvalue weighted by atomic mass is 79.9. The molecule has 0 heterocycles. The molecule has 1 aromatic rings. The highest BCUT2D eigenvalue weighted by molar-refractivity contribution is 9.10. The van der Waals surface area contributed by atoms with Gasteiger partial charge in [0, 0.05) is 5.56 Å². The minimum absolute atomic E-state index is 0.256. The molecule has 0 saturated heterocycles. The topological polar surface area (TPSA) is 23.8 Å². The number of nitrogens with zero attached hydrogens (tertiary/aromatic N) is 1. The Kier molecular flexibility index (Phi) is 3.07. The summed E-state index contributed by atoms with van der Waals surface area (Å²) in [6, 6.07) is 6.24. The fourth-order valence-corrected chi connectivity index (χ4v) is 1.59. The summed E-state index contributed by atoms with van der Waals surface area (Å²) in [4.78, 5) is 0. The van der Waals surface area contributed by atoms with Crippen molar-refractivity contribution in [2.75, 3.05) is 0 Å². The quantitative estimate of drug-likeness (QED) is 0.699. The van der Waals surface area contributed by atoms with E-state index in [9.17, 15) is 4.39 Å². The van der Waals surface area contributed by atoms with Crippen LogP contribution in [0.25, 0.3) is 0 Å². The second-order valence-corrected chi connectivity index (χ2v) is 3.36. The maximum atomic E-state index is 12.9. The molecular formula is C8H4BrClFN. The lowest BCUT2D eigenvalue weighted by molar-refractivity contribution is 0.619. The molecule has 1 unspecified atom stereocenters. The molecule has 0 fully saturated rings. The van der Waals surface area contributed by atoms with E-state index in [0.717, 1.165) is 0 Å². The van der Waals surface area contributed by atoms with Crippen molar-refractivity contribution in [2.24, 2.45) is 0 Å². The maximum absolute atomic E-state index is 12.9. The van der Waals surface area contributed by atoms with E-state index in [1.165, 1.54) is 12.1 Å². The zero-order chi connectivity index (χ0) is 9.14. The molecular weight excluding hydrogens is 244 g/mol. The molecule has 1 aromatic carbocycles. The van der Waals surface area contributed by atoms with Gasteiger partial charge in [0.05, 0.1) is 10.5 Å². The van der Waals surface area contributed by atoms with E-state index in [2.05, 4.69) is 15.9 Å². The Labute approximate surface area is 82.9 Å². The number of hydrogen-bond donors (Lipinski definition) is 0. The van der Waals surface area contributed by atoms with Crippen LogP contribution in [0.5, 0.6) is 0 Å². The van der Waals surface area contributed by atoms with Crippen LogP contribution < -0.4 is 0 Å². The molecule has 1 atom stereocenters. The van der Waals surface area contributed by atoms with Crippen LogP contribution >= 0.6 is 27.5 Å². The molecule has 0 aliphatic carbocycles. The van der Waals surface area contributed by atoms with Gasteiger partial charge in [-0.3, -0.25) is 0 Å². The predicted octanol–water partition coefficient (Wildman–Crippen LogP) is 3.39. The molecule has 0 aromatic heterocycles. The van der Waals surface area contributed by atoms with Gasteiger partial charge in [-0.15, -0.1) is 11.6 Å². The third-order valence-electron chi connectivity index (χ3n) is 1.37. The largest absolute Gasteiger partial charge is 0.206 e. The molecule has 0 spiro atoms. The van der Waals surface area contributed by atoms with Crippen LogP contribution in [-0.2, 0) is 0 Å². The fraction of sp³-hybridized carbons (Fsp3) is 0.125. The van der Waals surface area contributed by atoms with Gasteiger partial charge in [0.25, 0.3) is 0 Å². The first-order chi connectivity index (χ1) is 5.66. The molecule has 12 heavy (non-hydrogen) atoms. The molecule has 1 nitrogen and oxygen atoms in total. The smallest absolute Gasteiger partial charge is 0.146 e. The lowest BCUT2D eigenvalue weighted by atomic mass is 10.1. The van der Waals surface area contributed by atoms with Gasteiger partial charge in [0.2, 0.25) is 0 Å². The Morgan fingerprint density at radius 2 is 2.25 bits per heavy atom. The van der Waals surface area contributed by atoms with Crippen LogP contribution in [0.3, 0.4) is 0 Å². The summed E-state index contributed by atoms with van der Waals surface area (Å²) in [5, 5.41) is 7.67. The van der Waals surface area contributed by atoms with Gasteiger partial charge in [-0.1, -0.05) is 12.1 Å². The summed E-state index contributed by atoms with van der Waals surface area (Å²) in [7, 11) is 0. The zero-order valence-corrected chi connectivity index (χ0v) is 8.23. The predicted molar refractivity (Wildman–Crippen MR) is 48.3 cm³/mol. The van der Waals surface area contributed by atoms with Crippen LogP contribution in [-0.4, -0.2) is 0 Å². The maximum Gasteiger partial charge on any atom is 0.146 e. The van der Waals surface area contributed by atoms with E-state index in [1.807, 2.05) is 6.07 Å².